The van der Waals surface area contributed by atoms with Crippen molar-refractivity contribution in [3.8, 4) is 0 Å². The van der Waals surface area contributed by atoms with Gasteiger partial charge in [-0.2, -0.15) is 0 Å². The molecule has 1 saturated heterocycles. The maximum atomic E-state index is 11.7. The highest BCUT2D eigenvalue weighted by Gasteiger charge is 2.42. The topological polar surface area (TPSA) is 32.3 Å². The normalized spacial score (nSPS) is 27.5. The lowest BCUT2D eigenvalue weighted by atomic mass is 9.97. The molecule has 1 aliphatic heterocycles. The molecule has 0 spiro atoms. The number of rotatable bonds is 4. The lowest BCUT2D eigenvalue weighted by molar-refractivity contribution is -0.132. The van der Waals surface area contributed by atoms with Gasteiger partial charge < -0.3 is 10.2 Å². The fraction of sp³-hybridized carbons (Fsp3) is 0.917. The summed E-state index contributed by atoms with van der Waals surface area (Å²) in [4.78, 5) is 13.8. The second-order valence-electron chi connectivity index (χ2n) is 5.36. The molecular weight excluding hydrogens is 188 g/mol. The molecule has 1 N–H and O–H groups in total. The summed E-state index contributed by atoms with van der Waals surface area (Å²) in [5.74, 6) is 3.07. The van der Waals surface area contributed by atoms with Gasteiger partial charge in [-0.3, -0.25) is 4.79 Å². The molecule has 0 aromatic rings. The number of carbonyl (C=O) groups excluding carboxylic acids is 1. The number of nitrogens with zero attached hydrogens (tertiary/aromatic N) is 1. The van der Waals surface area contributed by atoms with E-state index in [1.54, 1.807) is 0 Å². The van der Waals surface area contributed by atoms with Gasteiger partial charge >= 0.3 is 0 Å². The van der Waals surface area contributed by atoms with Crippen LogP contribution >= 0.6 is 0 Å². The summed E-state index contributed by atoms with van der Waals surface area (Å²) in [7, 11) is 0. The summed E-state index contributed by atoms with van der Waals surface area (Å²) in [6.07, 6.45) is 5.67. The van der Waals surface area contributed by atoms with E-state index in [4.69, 9.17) is 0 Å². The fourth-order valence-corrected chi connectivity index (χ4v) is 2.83. The Labute approximate surface area is 91.2 Å². The van der Waals surface area contributed by atoms with Crippen LogP contribution in [0.15, 0.2) is 0 Å². The number of nitrogens with one attached hydrogen (secondary N) is 1. The molecule has 2 saturated carbocycles. The zero-order valence-corrected chi connectivity index (χ0v) is 9.24. The van der Waals surface area contributed by atoms with Crippen molar-refractivity contribution >= 4 is 5.91 Å². The van der Waals surface area contributed by atoms with Gasteiger partial charge in [-0.05, 0) is 43.4 Å². The molecule has 0 bridgehead atoms. The first-order valence-electron chi connectivity index (χ1n) is 6.33. The van der Waals surface area contributed by atoms with Crippen LogP contribution in [-0.2, 0) is 4.79 Å². The minimum absolute atomic E-state index is 0.313. The Morgan fingerprint density at radius 1 is 1.27 bits per heavy atom. The van der Waals surface area contributed by atoms with E-state index in [9.17, 15) is 4.79 Å². The Balaban J connectivity index is 1.58. The Morgan fingerprint density at radius 2 is 1.93 bits per heavy atom. The fourth-order valence-electron chi connectivity index (χ4n) is 2.83. The van der Waals surface area contributed by atoms with Gasteiger partial charge in [0.25, 0.3) is 0 Å². The molecule has 0 radical (unpaired) electrons. The highest BCUT2D eigenvalue weighted by Crippen LogP contribution is 2.49. The second-order valence-corrected chi connectivity index (χ2v) is 5.36. The lowest BCUT2D eigenvalue weighted by Gasteiger charge is -2.31. The second kappa shape index (κ2) is 3.78. The highest BCUT2D eigenvalue weighted by molar-refractivity contribution is 5.79. The Kier molecular flexibility index (Phi) is 2.43. The standard InChI is InChI=1S/C12H20N2O/c15-12-7-13-5-6-14(12)8-11(9-1-2-9)10-3-4-10/h9-11,13H,1-8H2. The van der Waals surface area contributed by atoms with Gasteiger partial charge in [0.05, 0.1) is 6.54 Å². The maximum Gasteiger partial charge on any atom is 0.236 e. The quantitative estimate of drug-likeness (QED) is 0.743. The van der Waals surface area contributed by atoms with E-state index in [1.807, 2.05) is 0 Å². The van der Waals surface area contributed by atoms with Crippen LogP contribution < -0.4 is 5.32 Å². The van der Waals surface area contributed by atoms with E-state index in [0.29, 0.717) is 12.5 Å². The van der Waals surface area contributed by atoms with Crippen molar-refractivity contribution in [3.63, 3.8) is 0 Å². The predicted molar refractivity (Wildman–Crippen MR) is 58.4 cm³/mol. The summed E-state index contributed by atoms with van der Waals surface area (Å²) in [5.41, 5.74) is 0. The molecular formula is C12H20N2O. The van der Waals surface area contributed by atoms with Crippen molar-refractivity contribution in [1.82, 2.24) is 10.2 Å². The third-order valence-electron chi connectivity index (χ3n) is 4.07. The summed E-state index contributed by atoms with van der Waals surface area (Å²) in [5, 5.41) is 3.14. The first-order valence-corrected chi connectivity index (χ1v) is 6.33. The van der Waals surface area contributed by atoms with Gasteiger partial charge in [0, 0.05) is 19.6 Å². The smallest absolute Gasteiger partial charge is 0.236 e. The Hall–Kier alpha value is -0.570. The van der Waals surface area contributed by atoms with Crippen LogP contribution in [0.25, 0.3) is 0 Å². The molecule has 3 nitrogen and oxygen atoms in total. The maximum absolute atomic E-state index is 11.7. The van der Waals surface area contributed by atoms with Crippen molar-refractivity contribution in [2.75, 3.05) is 26.2 Å². The molecule has 0 aromatic carbocycles. The zero-order chi connectivity index (χ0) is 10.3. The molecule has 1 heterocycles. The zero-order valence-electron chi connectivity index (χ0n) is 9.24. The van der Waals surface area contributed by atoms with Gasteiger partial charge in [0.2, 0.25) is 5.91 Å². The van der Waals surface area contributed by atoms with Crippen LogP contribution in [0.4, 0.5) is 0 Å². The van der Waals surface area contributed by atoms with E-state index in [-0.39, 0.29) is 0 Å². The molecule has 0 atom stereocenters. The van der Waals surface area contributed by atoms with E-state index >= 15 is 0 Å². The Morgan fingerprint density at radius 3 is 2.47 bits per heavy atom. The summed E-state index contributed by atoms with van der Waals surface area (Å²) in [6, 6.07) is 0. The van der Waals surface area contributed by atoms with Crippen molar-refractivity contribution in [1.29, 1.82) is 0 Å². The summed E-state index contributed by atoms with van der Waals surface area (Å²) in [6.45, 7) is 3.51. The molecule has 3 fully saturated rings. The molecule has 0 aromatic heterocycles. The highest BCUT2D eigenvalue weighted by atomic mass is 16.2. The Bertz CT molecular complexity index is 246. The summed E-state index contributed by atoms with van der Waals surface area (Å²) >= 11 is 0. The predicted octanol–water partition coefficient (Wildman–Crippen LogP) is 0.854. The number of piperazine rings is 1. The van der Waals surface area contributed by atoms with E-state index in [0.717, 1.165) is 37.4 Å². The molecule has 3 aliphatic rings. The summed E-state index contributed by atoms with van der Waals surface area (Å²) < 4.78 is 0. The van der Waals surface area contributed by atoms with Crippen molar-refractivity contribution < 1.29 is 4.79 Å². The number of amides is 1. The SMILES string of the molecule is O=C1CNCCN1CC(C1CC1)C1CC1. The minimum atomic E-state index is 0.313. The number of carbonyl (C=O) groups is 1. The molecule has 15 heavy (non-hydrogen) atoms. The minimum Gasteiger partial charge on any atom is -0.340 e. The van der Waals surface area contributed by atoms with Crippen molar-refractivity contribution in [3.05, 3.63) is 0 Å². The van der Waals surface area contributed by atoms with Crippen LogP contribution in [0.3, 0.4) is 0 Å². The molecule has 0 unspecified atom stereocenters. The van der Waals surface area contributed by atoms with Crippen molar-refractivity contribution in [2.24, 2.45) is 17.8 Å². The third-order valence-corrected chi connectivity index (χ3v) is 4.07. The van der Waals surface area contributed by atoms with E-state index < -0.39 is 0 Å². The van der Waals surface area contributed by atoms with Crippen molar-refractivity contribution in [2.45, 2.75) is 25.7 Å². The van der Waals surface area contributed by atoms with Crippen LogP contribution in [-0.4, -0.2) is 37.0 Å². The molecule has 84 valence electrons. The lowest BCUT2D eigenvalue weighted by Crippen LogP contribution is -2.50. The first kappa shape index (κ1) is 9.64. The molecule has 3 rings (SSSR count). The largest absolute Gasteiger partial charge is 0.340 e. The van der Waals surface area contributed by atoms with Gasteiger partial charge in [-0.15, -0.1) is 0 Å². The molecule has 3 heteroatoms. The van der Waals surface area contributed by atoms with Crippen LogP contribution in [0, 0.1) is 17.8 Å². The third kappa shape index (κ3) is 2.17. The first-order chi connectivity index (χ1) is 7.34. The van der Waals surface area contributed by atoms with Gasteiger partial charge in [0.1, 0.15) is 0 Å². The molecule has 2 aliphatic carbocycles. The van der Waals surface area contributed by atoms with Crippen LogP contribution in [0.1, 0.15) is 25.7 Å². The molecule has 1 amide bonds. The van der Waals surface area contributed by atoms with E-state index in [1.165, 1.54) is 25.7 Å². The van der Waals surface area contributed by atoms with Crippen LogP contribution in [0.5, 0.6) is 0 Å². The average molecular weight is 208 g/mol. The number of hydrogen-bond acceptors (Lipinski definition) is 2. The number of hydrogen-bond donors (Lipinski definition) is 1. The van der Waals surface area contributed by atoms with Gasteiger partial charge in [0.15, 0.2) is 0 Å². The van der Waals surface area contributed by atoms with Gasteiger partial charge in [-0.1, -0.05) is 0 Å². The van der Waals surface area contributed by atoms with Crippen LogP contribution in [0.2, 0.25) is 0 Å². The van der Waals surface area contributed by atoms with Gasteiger partial charge in [-0.25, -0.2) is 0 Å². The average Bonchev–Trinajstić information content (AvgIpc) is 3.10. The van der Waals surface area contributed by atoms with E-state index in [2.05, 4.69) is 10.2 Å². The monoisotopic (exact) mass is 208 g/mol.